The molecular weight excluding hydrogens is 550 g/mol. The van der Waals surface area contributed by atoms with Gasteiger partial charge in [0.1, 0.15) is 29.3 Å². The van der Waals surface area contributed by atoms with E-state index in [0.717, 1.165) is 50.0 Å². The molecule has 1 aromatic heterocycles. The Morgan fingerprint density at radius 3 is 2.11 bits per heavy atom. The minimum Gasteiger partial charge on any atom is -0.456 e. The maximum absolute atomic E-state index is 6.47. The highest BCUT2D eigenvalue weighted by atomic mass is 16.3. The lowest BCUT2D eigenvalue weighted by Crippen LogP contribution is -2.45. The number of fused-ring (bicyclic) bond motifs is 6. The molecule has 0 saturated heterocycles. The highest BCUT2D eigenvalue weighted by Crippen LogP contribution is 2.37. The van der Waals surface area contributed by atoms with Crippen molar-refractivity contribution < 1.29 is 4.42 Å². The number of nitrogens with one attached hydrogen (secondary N) is 2. The summed E-state index contributed by atoms with van der Waals surface area (Å²) in [7, 11) is 0. The first kappa shape index (κ1) is 25.8. The van der Waals surface area contributed by atoms with Crippen LogP contribution in [0.25, 0.3) is 54.6 Å². The molecule has 1 aliphatic rings. The van der Waals surface area contributed by atoms with Gasteiger partial charge in [0.25, 0.3) is 0 Å². The highest BCUT2D eigenvalue weighted by Gasteiger charge is 2.28. The molecule has 2 unspecified atom stereocenters. The van der Waals surface area contributed by atoms with Crippen molar-refractivity contribution in [3.05, 3.63) is 168 Å². The zero-order valence-corrected chi connectivity index (χ0v) is 24.4. The third kappa shape index (κ3) is 4.46. The lowest BCUT2D eigenvalue weighted by molar-refractivity contribution is 0.411. The smallest absolute Gasteiger partial charge is 0.136 e. The van der Waals surface area contributed by atoms with Gasteiger partial charge in [0.2, 0.25) is 0 Å². The van der Waals surface area contributed by atoms with E-state index in [0.29, 0.717) is 0 Å². The number of hydrogen-bond acceptors (Lipinski definition) is 4. The maximum atomic E-state index is 6.47. The fourth-order valence-corrected chi connectivity index (χ4v) is 6.72. The molecule has 0 saturated carbocycles. The second-order valence-electron chi connectivity index (χ2n) is 11.7. The molecule has 0 bridgehead atoms. The first-order valence-electron chi connectivity index (χ1n) is 15.4. The Morgan fingerprint density at radius 2 is 1.24 bits per heavy atom. The standard InChI is InChI=1S/C41H29N3O/c1-3-10-26(11-4-1)30-22-23-33-37(25-30)45-36-17-9-16-34(38(33)36)41-43-39(29-13-5-2-6-14-29)42-40(44-41)31-21-20-28-19-18-27-12-7-8-15-32(27)35(28)24-31/h1-25,39,41,43H,(H,42,44). The van der Waals surface area contributed by atoms with Crippen molar-refractivity contribution in [3.8, 4) is 11.1 Å². The van der Waals surface area contributed by atoms with Crippen LogP contribution in [0.5, 0.6) is 0 Å². The number of rotatable bonds is 4. The summed E-state index contributed by atoms with van der Waals surface area (Å²) < 4.78 is 6.47. The van der Waals surface area contributed by atoms with Crippen LogP contribution in [0.15, 0.2) is 161 Å². The largest absolute Gasteiger partial charge is 0.456 e. The average Bonchev–Trinajstić information content (AvgIpc) is 3.50. The molecule has 0 spiro atoms. The molecule has 0 aliphatic carbocycles. The minimum absolute atomic E-state index is 0.204. The molecule has 9 rings (SSSR count). The molecule has 45 heavy (non-hydrogen) atoms. The van der Waals surface area contributed by atoms with Gasteiger partial charge in [-0.05, 0) is 62.5 Å². The topological polar surface area (TPSA) is 49.6 Å². The Hall–Kier alpha value is -5.71. The van der Waals surface area contributed by atoms with Gasteiger partial charge in [-0.1, -0.05) is 127 Å². The van der Waals surface area contributed by atoms with Gasteiger partial charge < -0.3 is 9.73 Å². The summed E-state index contributed by atoms with van der Waals surface area (Å²) in [5.41, 5.74) is 7.36. The van der Waals surface area contributed by atoms with E-state index < -0.39 is 0 Å². The van der Waals surface area contributed by atoms with Gasteiger partial charge in [0, 0.05) is 21.9 Å². The quantitative estimate of drug-likeness (QED) is 0.204. The fraction of sp³-hybridized carbons (Fsp3) is 0.0488. The summed E-state index contributed by atoms with van der Waals surface area (Å²) >= 11 is 0. The van der Waals surface area contributed by atoms with Crippen LogP contribution in [0.4, 0.5) is 0 Å². The SMILES string of the molecule is c1ccc(-c2ccc3c(c2)oc2cccc(C4NC(c5ccc6ccc7ccccc7c6c5)=NC(c5ccccc5)N4)c23)cc1. The molecule has 2 heterocycles. The highest BCUT2D eigenvalue weighted by molar-refractivity contribution is 6.12. The third-order valence-corrected chi connectivity index (χ3v) is 8.95. The van der Waals surface area contributed by atoms with E-state index in [-0.39, 0.29) is 12.3 Å². The second-order valence-corrected chi connectivity index (χ2v) is 11.7. The van der Waals surface area contributed by atoms with Crippen molar-refractivity contribution in [2.24, 2.45) is 4.99 Å². The average molecular weight is 580 g/mol. The van der Waals surface area contributed by atoms with E-state index in [1.165, 1.54) is 27.1 Å². The van der Waals surface area contributed by atoms with Crippen LogP contribution < -0.4 is 10.6 Å². The van der Waals surface area contributed by atoms with E-state index >= 15 is 0 Å². The van der Waals surface area contributed by atoms with Crippen LogP contribution in [0.3, 0.4) is 0 Å². The summed E-state index contributed by atoms with van der Waals surface area (Å²) in [5.74, 6) is 0.860. The molecule has 4 nitrogen and oxygen atoms in total. The Labute approximate surface area is 260 Å². The van der Waals surface area contributed by atoms with E-state index in [4.69, 9.17) is 9.41 Å². The molecule has 0 radical (unpaired) electrons. The summed E-state index contributed by atoms with van der Waals surface area (Å²) in [4.78, 5) is 5.23. The van der Waals surface area contributed by atoms with Crippen molar-refractivity contribution in [3.63, 3.8) is 0 Å². The monoisotopic (exact) mass is 579 g/mol. The van der Waals surface area contributed by atoms with Crippen molar-refractivity contribution in [2.45, 2.75) is 12.3 Å². The number of furan rings is 1. The third-order valence-electron chi connectivity index (χ3n) is 8.95. The van der Waals surface area contributed by atoms with Gasteiger partial charge in [-0.3, -0.25) is 5.32 Å². The summed E-state index contributed by atoms with van der Waals surface area (Å²) in [6, 6.07) is 53.3. The van der Waals surface area contributed by atoms with Crippen LogP contribution in [0.2, 0.25) is 0 Å². The van der Waals surface area contributed by atoms with Crippen LogP contribution in [-0.4, -0.2) is 5.84 Å². The van der Waals surface area contributed by atoms with E-state index in [2.05, 4.69) is 150 Å². The molecule has 2 atom stereocenters. The van der Waals surface area contributed by atoms with E-state index in [1.807, 2.05) is 12.1 Å². The molecule has 0 fully saturated rings. The maximum Gasteiger partial charge on any atom is 0.136 e. The van der Waals surface area contributed by atoms with Crippen molar-refractivity contribution in [1.82, 2.24) is 10.6 Å². The van der Waals surface area contributed by atoms with Crippen LogP contribution >= 0.6 is 0 Å². The lowest BCUT2D eigenvalue weighted by atomic mass is 9.98. The molecule has 8 aromatic rings. The van der Waals surface area contributed by atoms with Crippen molar-refractivity contribution in [1.29, 1.82) is 0 Å². The van der Waals surface area contributed by atoms with Crippen LogP contribution in [-0.2, 0) is 0 Å². The zero-order chi connectivity index (χ0) is 29.7. The first-order chi connectivity index (χ1) is 22.3. The van der Waals surface area contributed by atoms with Crippen LogP contribution in [0.1, 0.15) is 29.0 Å². The number of aliphatic imine (C=N–C) groups is 1. The summed E-state index contributed by atoms with van der Waals surface area (Å²) in [6.45, 7) is 0. The number of benzene rings is 7. The number of amidine groups is 1. The van der Waals surface area contributed by atoms with Crippen molar-refractivity contribution in [2.75, 3.05) is 0 Å². The summed E-state index contributed by atoms with van der Waals surface area (Å²) in [6.07, 6.45) is -0.432. The van der Waals surface area contributed by atoms with Gasteiger partial charge in [-0.25, -0.2) is 4.99 Å². The fourth-order valence-electron chi connectivity index (χ4n) is 6.72. The lowest BCUT2D eigenvalue weighted by Gasteiger charge is -2.32. The van der Waals surface area contributed by atoms with Gasteiger partial charge in [-0.15, -0.1) is 0 Å². The Morgan fingerprint density at radius 1 is 0.511 bits per heavy atom. The second kappa shape index (κ2) is 10.5. The molecule has 2 N–H and O–H groups in total. The number of hydrogen-bond donors (Lipinski definition) is 2. The molecule has 1 aliphatic heterocycles. The Bertz CT molecular complexity index is 2390. The predicted molar refractivity (Wildman–Crippen MR) is 185 cm³/mol. The summed E-state index contributed by atoms with van der Waals surface area (Å²) in [5, 5.41) is 14.7. The number of nitrogens with zero attached hydrogens (tertiary/aromatic N) is 1. The van der Waals surface area contributed by atoms with Gasteiger partial charge in [0.15, 0.2) is 0 Å². The molecule has 214 valence electrons. The van der Waals surface area contributed by atoms with Gasteiger partial charge in [0.05, 0.1) is 0 Å². The molecule has 0 amide bonds. The normalized spacial score (nSPS) is 16.7. The van der Waals surface area contributed by atoms with E-state index in [1.54, 1.807) is 0 Å². The zero-order valence-electron chi connectivity index (χ0n) is 24.4. The predicted octanol–water partition coefficient (Wildman–Crippen LogP) is 9.90. The Balaban J connectivity index is 1.18. The van der Waals surface area contributed by atoms with Crippen LogP contribution in [0, 0.1) is 0 Å². The molecule has 7 aromatic carbocycles. The Kier molecular flexibility index (Phi) is 6.00. The van der Waals surface area contributed by atoms with Gasteiger partial charge >= 0.3 is 0 Å². The molecule has 4 heteroatoms. The molecular formula is C41H29N3O. The minimum atomic E-state index is -0.228. The first-order valence-corrected chi connectivity index (χ1v) is 15.4. The van der Waals surface area contributed by atoms with Crippen molar-refractivity contribution >= 4 is 49.3 Å². The van der Waals surface area contributed by atoms with Gasteiger partial charge in [-0.2, -0.15) is 0 Å². The van der Waals surface area contributed by atoms with E-state index in [9.17, 15) is 0 Å².